The fourth-order valence-electron chi connectivity index (χ4n) is 5.44. The molecule has 0 aliphatic heterocycles. The number of likely N-dealkylation sites (N-methyl/N-ethyl adjacent to an activating group) is 1. The lowest BCUT2D eigenvalue weighted by molar-refractivity contribution is -0.142. The van der Waals surface area contributed by atoms with Gasteiger partial charge >= 0.3 is 12.1 Å². The molecule has 0 radical (unpaired) electrons. The van der Waals surface area contributed by atoms with Crippen molar-refractivity contribution in [3.05, 3.63) is 95.6 Å². The number of fused-ring (bicyclic) bond motifs is 3. The Kier molecular flexibility index (Phi) is 10.1. The van der Waals surface area contributed by atoms with E-state index in [4.69, 9.17) is 4.74 Å². The second kappa shape index (κ2) is 13.9. The van der Waals surface area contributed by atoms with Gasteiger partial charge < -0.3 is 20.5 Å². The summed E-state index contributed by atoms with van der Waals surface area (Å²) in [6.45, 7) is 4.78. The molecule has 0 aromatic heterocycles. The van der Waals surface area contributed by atoms with E-state index in [2.05, 4.69) is 22.8 Å². The van der Waals surface area contributed by atoms with Crippen LogP contribution in [0.4, 0.5) is 4.79 Å². The molecule has 3 aromatic carbocycles. The smallest absolute Gasteiger partial charge is 0.407 e. The molecule has 0 spiro atoms. The predicted molar refractivity (Wildman–Crippen MR) is 158 cm³/mol. The Morgan fingerprint density at radius 2 is 1.49 bits per heavy atom. The Bertz CT molecular complexity index is 1300. The van der Waals surface area contributed by atoms with Gasteiger partial charge in [-0.25, -0.2) is 4.79 Å². The molecule has 1 aliphatic rings. The average Bonchev–Trinajstić information content (AvgIpc) is 3.27. The molecule has 0 fully saturated rings. The number of ether oxygens (including phenoxy) is 1. The van der Waals surface area contributed by atoms with Crippen LogP contribution in [-0.4, -0.2) is 60.8 Å². The van der Waals surface area contributed by atoms with Crippen LogP contribution in [-0.2, 0) is 20.9 Å². The van der Waals surface area contributed by atoms with Crippen molar-refractivity contribution in [1.82, 2.24) is 15.5 Å². The van der Waals surface area contributed by atoms with E-state index in [1.54, 1.807) is 0 Å². The van der Waals surface area contributed by atoms with E-state index in [1.165, 1.54) is 0 Å². The molecule has 2 amide bonds. The van der Waals surface area contributed by atoms with E-state index in [0.717, 1.165) is 27.8 Å². The molecule has 41 heavy (non-hydrogen) atoms. The Morgan fingerprint density at radius 3 is 2.07 bits per heavy atom. The number of rotatable bonds is 13. The number of nitrogens with zero attached hydrogens (tertiary/aromatic N) is 1. The lowest BCUT2D eigenvalue weighted by Gasteiger charge is -2.25. The summed E-state index contributed by atoms with van der Waals surface area (Å²) in [6, 6.07) is 25.1. The molecule has 3 aromatic rings. The van der Waals surface area contributed by atoms with Crippen LogP contribution in [0.15, 0.2) is 78.9 Å². The maximum atomic E-state index is 13.3. The summed E-state index contributed by atoms with van der Waals surface area (Å²) in [7, 11) is 1.87. The highest BCUT2D eigenvalue weighted by molar-refractivity contribution is 5.86. The second-order valence-electron chi connectivity index (χ2n) is 11.1. The Hall–Kier alpha value is -4.17. The van der Waals surface area contributed by atoms with E-state index in [-0.39, 0.29) is 31.5 Å². The molecule has 3 N–H and O–H groups in total. The highest BCUT2D eigenvalue weighted by Gasteiger charge is 2.30. The zero-order valence-corrected chi connectivity index (χ0v) is 23.9. The highest BCUT2D eigenvalue weighted by atomic mass is 16.5. The summed E-state index contributed by atoms with van der Waals surface area (Å²) in [5, 5.41) is 15.1. The van der Waals surface area contributed by atoms with E-state index in [9.17, 15) is 19.5 Å². The first-order valence-corrected chi connectivity index (χ1v) is 14.1. The van der Waals surface area contributed by atoms with Crippen molar-refractivity contribution >= 4 is 18.0 Å². The third-order valence-electron chi connectivity index (χ3n) is 7.37. The standard InChI is InChI=1S/C33H39N3O5/c1-22(2)17-24(32(38)39)18-34-31(37)30(20-36(3)19-23-11-5-4-6-12-23)35-33(40)41-21-29-27-15-9-7-13-25(27)26-14-8-10-16-28(26)29/h4-16,22,24,29-30H,17-21H2,1-3H3,(H,34,37)(H,35,40)(H,38,39). The first-order chi connectivity index (χ1) is 19.7. The van der Waals surface area contributed by atoms with Gasteiger partial charge in [-0.15, -0.1) is 0 Å². The minimum Gasteiger partial charge on any atom is -0.481 e. The lowest BCUT2D eigenvalue weighted by Crippen LogP contribution is -2.53. The van der Waals surface area contributed by atoms with Crippen molar-refractivity contribution in [2.45, 2.75) is 38.8 Å². The van der Waals surface area contributed by atoms with Crippen molar-refractivity contribution in [3.8, 4) is 11.1 Å². The fourth-order valence-corrected chi connectivity index (χ4v) is 5.44. The maximum absolute atomic E-state index is 13.3. The molecule has 8 heteroatoms. The van der Waals surface area contributed by atoms with Crippen LogP contribution in [0.3, 0.4) is 0 Å². The van der Waals surface area contributed by atoms with Crippen LogP contribution in [0, 0.1) is 11.8 Å². The number of alkyl carbamates (subject to hydrolysis) is 1. The summed E-state index contributed by atoms with van der Waals surface area (Å²) in [6.07, 6.45) is -0.259. The first-order valence-electron chi connectivity index (χ1n) is 14.1. The van der Waals surface area contributed by atoms with Crippen LogP contribution in [0.1, 0.15) is 42.9 Å². The molecule has 2 atom stereocenters. The molecule has 1 aliphatic carbocycles. The zero-order chi connectivity index (χ0) is 29.4. The molecule has 0 heterocycles. The minimum absolute atomic E-state index is 0.0163. The van der Waals surface area contributed by atoms with Gasteiger partial charge in [-0.2, -0.15) is 0 Å². The normalized spacial score (nSPS) is 13.8. The van der Waals surface area contributed by atoms with Crippen molar-refractivity contribution in [2.75, 3.05) is 26.7 Å². The predicted octanol–water partition coefficient (Wildman–Crippen LogP) is 4.89. The number of hydrogen-bond acceptors (Lipinski definition) is 5. The van der Waals surface area contributed by atoms with Crippen molar-refractivity contribution in [2.24, 2.45) is 11.8 Å². The largest absolute Gasteiger partial charge is 0.481 e. The third kappa shape index (κ3) is 7.95. The maximum Gasteiger partial charge on any atom is 0.407 e. The number of hydrogen-bond donors (Lipinski definition) is 3. The number of nitrogens with one attached hydrogen (secondary N) is 2. The lowest BCUT2D eigenvalue weighted by atomic mass is 9.97. The topological polar surface area (TPSA) is 108 Å². The Labute approximate surface area is 241 Å². The van der Waals surface area contributed by atoms with Gasteiger partial charge in [0, 0.05) is 25.6 Å². The van der Waals surface area contributed by atoms with E-state index in [1.807, 2.05) is 92.5 Å². The van der Waals surface area contributed by atoms with Crippen molar-refractivity contribution < 1.29 is 24.2 Å². The van der Waals surface area contributed by atoms with Crippen LogP contribution >= 0.6 is 0 Å². The molecular formula is C33H39N3O5. The van der Waals surface area contributed by atoms with Gasteiger partial charge in [0.2, 0.25) is 5.91 Å². The molecule has 8 nitrogen and oxygen atoms in total. The van der Waals surface area contributed by atoms with E-state index >= 15 is 0 Å². The van der Waals surface area contributed by atoms with E-state index in [0.29, 0.717) is 13.0 Å². The summed E-state index contributed by atoms with van der Waals surface area (Å²) in [5.41, 5.74) is 5.53. The molecule has 0 bridgehead atoms. The number of amides is 2. The Morgan fingerprint density at radius 1 is 0.902 bits per heavy atom. The van der Waals surface area contributed by atoms with Gasteiger partial charge in [0.05, 0.1) is 5.92 Å². The number of benzene rings is 3. The number of carboxylic acid groups (broad SMARTS) is 1. The van der Waals surface area contributed by atoms with Crippen molar-refractivity contribution in [1.29, 1.82) is 0 Å². The molecule has 4 rings (SSSR count). The Balaban J connectivity index is 1.42. The zero-order valence-electron chi connectivity index (χ0n) is 23.9. The molecule has 0 saturated heterocycles. The van der Waals surface area contributed by atoms with Gasteiger partial charge in [-0.05, 0) is 47.2 Å². The molecule has 2 unspecified atom stereocenters. The first kappa shape index (κ1) is 29.8. The molecular weight excluding hydrogens is 518 g/mol. The minimum atomic E-state index is -0.957. The summed E-state index contributed by atoms with van der Waals surface area (Å²) < 4.78 is 5.69. The number of carbonyl (C=O) groups excluding carboxylic acids is 2. The SMILES string of the molecule is CC(C)CC(CNC(=O)C(CN(C)Cc1ccccc1)NC(=O)OCC1c2ccccc2-c2ccccc21)C(=O)O. The summed E-state index contributed by atoms with van der Waals surface area (Å²) >= 11 is 0. The van der Waals surface area contributed by atoms with Gasteiger partial charge in [0.1, 0.15) is 12.6 Å². The van der Waals surface area contributed by atoms with Gasteiger partial charge in [0.15, 0.2) is 0 Å². The van der Waals surface area contributed by atoms with E-state index < -0.39 is 29.9 Å². The molecule has 216 valence electrons. The van der Waals surface area contributed by atoms with Crippen LogP contribution < -0.4 is 10.6 Å². The van der Waals surface area contributed by atoms with Crippen LogP contribution in [0.25, 0.3) is 11.1 Å². The van der Waals surface area contributed by atoms with Crippen LogP contribution in [0.5, 0.6) is 0 Å². The number of aliphatic carboxylic acids is 1. The van der Waals surface area contributed by atoms with Crippen LogP contribution in [0.2, 0.25) is 0 Å². The number of carboxylic acids is 1. The summed E-state index contributed by atoms with van der Waals surface area (Å²) in [5.74, 6) is -2.06. The molecule has 0 saturated carbocycles. The fraction of sp³-hybridized carbons (Fsp3) is 0.364. The third-order valence-corrected chi connectivity index (χ3v) is 7.37. The van der Waals surface area contributed by atoms with Gasteiger partial charge in [0.25, 0.3) is 0 Å². The summed E-state index contributed by atoms with van der Waals surface area (Å²) in [4.78, 5) is 40.0. The van der Waals surface area contributed by atoms with Crippen molar-refractivity contribution in [3.63, 3.8) is 0 Å². The number of carbonyl (C=O) groups is 3. The van der Waals surface area contributed by atoms with Gasteiger partial charge in [-0.3, -0.25) is 14.5 Å². The average molecular weight is 558 g/mol. The highest BCUT2D eigenvalue weighted by Crippen LogP contribution is 2.44. The monoisotopic (exact) mass is 557 g/mol. The quantitative estimate of drug-likeness (QED) is 0.276. The second-order valence-corrected chi connectivity index (χ2v) is 11.1. The van der Waals surface area contributed by atoms with Gasteiger partial charge in [-0.1, -0.05) is 92.7 Å².